The van der Waals surface area contributed by atoms with Gasteiger partial charge in [-0.1, -0.05) is 0 Å². The number of rotatable bonds is 2. The summed E-state index contributed by atoms with van der Waals surface area (Å²) in [6, 6.07) is 0. The van der Waals surface area contributed by atoms with Crippen molar-refractivity contribution in [3.05, 3.63) is 0 Å². The quantitative estimate of drug-likeness (QED) is 0.261. The Bertz CT molecular complexity index is 163. The van der Waals surface area contributed by atoms with E-state index in [0.717, 1.165) is 0 Å². The van der Waals surface area contributed by atoms with Crippen LogP contribution in [0.25, 0.3) is 0 Å². The second kappa shape index (κ2) is 3.03. The summed E-state index contributed by atoms with van der Waals surface area (Å²) in [5, 5.41) is 0. The van der Waals surface area contributed by atoms with Gasteiger partial charge >= 0.3 is 0 Å². The Balaban J connectivity index is 4.14. The summed E-state index contributed by atoms with van der Waals surface area (Å²) >= 11 is 5.14. The third-order valence-corrected chi connectivity index (χ3v) is 2.75. The van der Waals surface area contributed by atoms with Gasteiger partial charge in [0, 0.05) is 6.66 Å². The van der Waals surface area contributed by atoms with Gasteiger partial charge in [-0.2, -0.15) is 0 Å². The van der Waals surface area contributed by atoms with Crippen molar-refractivity contribution in [3.8, 4) is 0 Å². The Hall–Kier alpha value is -0.100. The van der Waals surface area contributed by atoms with E-state index in [1.165, 1.54) is 12.7 Å². The fourth-order valence-electron chi connectivity index (χ4n) is 0.113. The zero-order valence-electron chi connectivity index (χ0n) is 4.30. The highest BCUT2D eigenvalue weighted by Gasteiger charge is 2.08. The van der Waals surface area contributed by atoms with E-state index in [-0.39, 0.29) is 5.62 Å². The van der Waals surface area contributed by atoms with E-state index in [1.54, 1.807) is 0 Å². The van der Waals surface area contributed by atoms with Crippen molar-refractivity contribution >= 4 is 25.0 Å². The molecule has 0 aliphatic carbocycles. The standard InChI is InChI=1S/C3H5ClNO2P/c1-8(7,2-4)5-3-6/h2H2,1H3. The van der Waals surface area contributed by atoms with Gasteiger partial charge in [-0.25, -0.2) is 4.79 Å². The normalized spacial score (nSPS) is 16.2. The van der Waals surface area contributed by atoms with Gasteiger partial charge in [0.25, 0.3) is 0 Å². The van der Waals surface area contributed by atoms with Crippen molar-refractivity contribution in [2.45, 2.75) is 0 Å². The summed E-state index contributed by atoms with van der Waals surface area (Å²) in [7, 11) is -2.71. The molecule has 0 fully saturated rings. The number of hydrogen-bond donors (Lipinski definition) is 0. The summed E-state index contributed by atoms with van der Waals surface area (Å²) in [6.07, 6.45) is 1.19. The molecule has 1 atom stereocenters. The van der Waals surface area contributed by atoms with E-state index in [1.807, 2.05) is 0 Å². The smallest absolute Gasteiger partial charge is 0.241 e. The van der Waals surface area contributed by atoms with Crippen LogP contribution in [0.5, 0.6) is 0 Å². The third kappa shape index (κ3) is 2.98. The van der Waals surface area contributed by atoms with Gasteiger partial charge in [-0.05, 0) is 0 Å². The molecule has 8 heavy (non-hydrogen) atoms. The molecule has 0 heterocycles. The van der Waals surface area contributed by atoms with Gasteiger partial charge in [-0.15, -0.1) is 16.4 Å². The fraction of sp³-hybridized carbons (Fsp3) is 0.667. The molecule has 0 aromatic rings. The van der Waals surface area contributed by atoms with Crippen molar-refractivity contribution in [3.63, 3.8) is 0 Å². The van der Waals surface area contributed by atoms with Gasteiger partial charge in [0.05, 0.1) is 5.62 Å². The summed E-state index contributed by atoms with van der Waals surface area (Å²) < 4.78 is 13.6. The molecule has 0 amide bonds. The maximum Gasteiger partial charge on any atom is 0.241 e. The predicted molar refractivity (Wildman–Crippen MR) is 32.4 cm³/mol. The van der Waals surface area contributed by atoms with Gasteiger partial charge in [0.15, 0.2) is 0 Å². The molecule has 0 spiro atoms. The number of alkyl halides is 1. The van der Waals surface area contributed by atoms with Crippen LogP contribution in [0.2, 0.25) is 0 Å². The van der Waals surface area contributed by atoms with Crippen LogP contribution in [0, 0.1) is 0 Å². The minimum absolute atomic E-state index is 0.0950. The minimum Gasteiger partial charge on any atom is -0.297 e. The van der Waals surface area contributed by atoms with Crippen LogP contribution in [-0.2, 0) is 9.36 Å². The average Bonchev–Trinajstić information content (AvgIpc) is 1.67. The number of halogens is 1. The van der Waals surface area contributed by atoms with Crippen LogP contribution in [0.1, 0.15) is 0 Å². The fourth-order valence-corrected chi connectivity index (χ4v) is 0.500. The molecular weight excluding hydrogens is 148 g/mol. The minimum atomic E-state index is -2.71. The highest BCUT2D eigenvalue weighted by Crippen LogP contribution is 2.42. The molecule has 0 N–H and O–H groups in total. The van der Waals surface area contributed by atoms with Gasteiger partial charge in [-0.3, -0.25) is 4.57 Å². The van der Waals surface area contributed by atoms with E-state index >= 15 is 0 Å². The maximum absolute atomic E-state index is 10.6. The maximum atomic E-state index is 10.6. The number of isocyanates is 1. The van der Waals surface area contributed by atoms with Crippen molar-refractivity contribution in [1.82, 2.24) is 0 Å². The molecule has 0 radical (unpaired) electrons. The first-order valence-corrected chi connectivity index (χ1v) is 4.67. The van der Waals surface area contributed by atoms with E-state index in [0.29, 0.717) is 0 Å². The first-order chi connectivity index (χ1) is 3.62. The largest absolute Gasteiger partial charge is 0.297 e. The lowest BCUT2D eigenvalue weighted by Gasteiger charge is -1.93. The van der Waals surface area contributed by atoms with Crippen molar-refractivity contribution in [1.29, 1.82) is 0 Å². The molecule has 0 bridgehead atoms. The second-order valence-electron chi connectivity index (χ2n) is 1.36. The highest BCUT2D eigenvalue weighted by molar-refractivity contribution is 7.63. The Morgan fingerprint density at radius 1 is 1.88 bits per heavy atom. The molecule has 0 saturated heterocycles. The molecule has 0 aliphatic rings. The number of nitrogens with zero attached hydrogens (tertiary/aromatic N) is 1. The van der Waals surface area contributed by atoms with Crippen LogP contribution < -0.4 is 0 Å². The predicted octanol–water partition coefficient (Wildman–Crippen LogP) is 1.43. The summed E-state index contributed by atoms with van der Waals surface area (Å²) in [4.78, 5) is 9.46. The molecule has 0 rings (SSSR count). The van der Waals surface area contributed by atoms with Crippen LogP contribution in [0.15, 0.2) is 4.76 Å². The Kier molecular flexibility index (Phi) is 2.99. The van der Waals surface area contributed by atoms with E-state index in [4.69, 9.17) is 11.6 Å². The average molecular weight is 154 g/mol. The zero-order valence-corrected chi connectivity index (χ0v) is 5.95. The van der Waals surface area contributed by atoms with Crippen LogP contribution in [0.3, 0.4) is 0 Å². The van der Waals surface area contributed by atoms with Crippen molar-refractivity contribution < 1.29 is 9.36 Å². The SMILES string of the molecule is CP(=O)(CCl)N=C=O. The molecular formula is C3H5ClNO2P. The van der Waals surface area contributed by atoms with E-state index in [9.17, 15) is 9.36 Å². The molecule has 0 aromatic heterocycles. The summed E-state index contributed by atoms with van der Waals surface area (Å²) in [5.41, 5.74) is -0.0950. The lowest BCUT2D eigenvalue weighted by Crippen LogP contribution is -1.71. The highest BCUT2D eigenvalue weighted by atomic mass is 35.5. The zero-order chi connectivity index (χ0) is 6.62. The van der Waals surface area contributed by atoms with Crippen molar-refractivity contribution in [2.75, 3.05) is 12.3 Å². The van der Waals surface area contributed by atoms with Crippen LogP contribution in [0.4, 0.5) is 0 Å². The molecule has 5 heteroatoms. The van der Waals surface area contributed by atoms with Crippen LogP contribution in [-0.4, -0.2) is 18.4 Å². The van der Waals surface area contributed by atoms with Gasteiger partial charge in [0.2, 0.25) is 13.4 Å². The molecule has 0 saturated carbocycles. The van der Waals surface area contributed by atoms with E-state index < -0.39 is 7.29 Å². The molecule has 1 unspecified atom stereocenters. The Morgan fingerprint density at radius 2 is 2.38 bits per heavy atom. The van der Waals surface area contributed by atoms with E-state index in [2.05, 4.69) is 4.76 Å². The number of hydrogen-bond acceptors (Lipinski definition) is 2. The molecule has 0 aliphatic heterocycles. The summed E-state index contributed by atoms with van der Waals surface area (Å²) in [6.45, 7) is 1.32. The second-order valence-corrected chi connectivity index (χ2v) is 4.62. The summed E-state index contributed by atoms with van der Waals surface area (Å²) in [5.74, 6) is 0. The molecule has 46 valence electrons. The number of carbonyl (C=O) groups excluding carboxylic acids is 1. The lowest BCUT2D eigenvalue weighted by molar-refractivity contribution is 0.563. The third-order valence-electron chi connectivity index (χ3n) is 0.474. The molecule has 3 nitrogen and oxygen atoms in total. The van der Waals surface area contributed by atoms with Gasteiger partial charge < -0.3 is 0 Å². The van der Waals surface area contributed by atoms with Crippen LogP contribution >= 0.6 is 18.9 Å². The van der Waals surface area contributed by atoms with Crippen molar-refractivity contribution in [2.24, 2.45) is 4.76 Å². The molecule has 0 aromatic carbocycles. The first kappa shape index (κ1) is 7.90. The Morgan fingerprint density at radius 3 is 2.50 bits per heavy atom. The lowest BCUT2D eigenvalue weighted by atomic mass is 11.7. The Labute approximate surface area is 52.2 Å². The topological polar surface area (TPSA) is 46.5 Å². The first-order valence-electron chi connectivity index (χ1n) is 1.84. The monoisotopic (exact) mass is 153 g/mol. The van der Waals surface area contributed by atoms with Gasteiger partial charge in [0.1, 0.15) is 0 Å².